The molecule has 0 aromatic heterocycles. The first-order valence-electron chi connectivity index (χ1n) is 8.87. The maximum atomic E-state index is 11.6. The van der Waals surface area contributed by atoms with E-state index in [1.807, 2.05) is 0 Å². The van der Waals surface area contributed by atoms with Crippen molar-refractivity contribution in [2.24, 2.45) is 5.73 Å². The standard InChI is InChI=1S/C17H34N4O6/c1-19-15(23)6-9-26-12-17(20-2,11-25-8-5-14(18)22)13-27-10-7-16(24)21(3)4/h20H,5-13H2,1-4H3,(H2,18,22)(H,19,23). The van der Waals surface area contributed by atoms with Crippen molar-refractivity contribution in [1.29, 1.82) is 0 Å². The number of nitrogens with zero attached hydrogens (tertiary/aromatic N) is 1. The van der Waals surface area contributed by atoms with Crippen LogP contribution >= 0.6 is 0 Å². The van der Waals surface area contributed by atoms with Crippen LogP contribution in [0.25, 0.3) is 0 Å². The van der Waals surface area contributed by atoms with Crippen molar-refractivity contribution in [3.05, 3.63) is 0 Å². The number of carbonyl (C=O) groups excluding carboxylic acids is 3. The highest BCUT2D eigenvalue weighted by Crippen LogP contribution is 2.09. The minimum absolute atomic E-state index is 0.0235. The molecule has 0 saturated carbocycles. The third kappa shape index (κ3) is 12.3. The molecule has 0 spiro atoms. The lowest BCUT2D eigenvalue weighted by Gasteiger charge is -2.33. The van der Waals surface area contributed by atoms with Gasteiger partial charge in [0, 0.05) is 34.0 Å². The van der Waals surface area contributed by atoms with Crippen molar-refractivity contribution in [2.45, 2.75) is 24.8 Å². The van der Waals surface area contributed by atoms with Crippen LogP contribution in [-0.4, -0.2) is 96.0 Å². The van der Waals surface area contributed by atoms with Crippen LogP contribution in [0.3, 0.4) is 0 Å². The van der Waals surface area contributed by atoms with Crippen molar-refractivity contribution >= 4 is 17.7 Å². The van der Waals surface area contributed by atoms with Crippen molar-refractivity contribution in [3.8, 4) is 0 Å². The molecule has 0 aliphatic heterocycles. The first-order chi connectivity index (χ1) is 12.8. The molecule has 0 aliphatic rings. The van der Waals surface area contributed by atoms with Gasteiger partial charge in [-0.1, -0.05) is 0 Å². The van der Waals surface area contributed by atoms with Gasteiger partial charge in [0.15, 0.2) is 0 Å². The molecule has 0 bridgehead atoms. The second-order valence-electron chi connectivity index (χ2n) is 6.37. The molecule has 0 heterocycles. The number of nitrogens with one attached hydrogen (secondary N) is 2. The Kier molecular flexibility index (Phi) is 13.4. The highest BCUT2D eigenvalue weighted by Gasteiger charge is 2.30. The second-order valence-corrected chi connectivity index (χ2v) is 6.37. The van der Waals surface area contributed by atoms with Gasteiger partial charge >= 0.3 is 0 Å². The number of amides is 3. The van der Waals surface area contributed by atoms with Gasteiger partial charge in [-0.05, 0) is 7.05 Å². The summed E-state index contributed by atoms with van der Waals surface area (Å²) in [6, 6.07) is 0. The lowest BCUT2D eigenvalue weighted by Crippen LogP contribution is -2.55. The number of hydrogen-bond donors (Lipinski definition) is 3. The zero-order chi connectivity index (χ0) is 20.7. The molecule has 0 aromatic rings. The SMILES string of the molecule is CNC(=O)CCOCC(COCCC(N)=O)(COCCC(=O)N(C)C)NC. The minimum Gasteiger partial charge on any atom is -0.379 e. The monoisotopic (exact) mass is 390 g/mol. The molecule has 0 saturated heterocycles. The zero-order valence-electron chi connectivity index (χ0n) is 16.8. The predicted octanol–water partition coefficient (Wildman–Crippen LogP) is -1.52. The summed E-state index contributed by atoms with van der Waals surface area (Å²) in [5.41, 5.74) is 4.43. The van der Waals surface area contributed by atoms with E-state index in [0.29, 0.717) is 0 Å². The fourth-order valence-corrected chi connectivity index (χ4v) is 1.99. The van der Waals surface area contributed by atoms with Gasteiger partial charge in [-0.15, -0.1) is 0 Å². The van der Waals surface area contributed by atoms with Gasteiger partial charge in [-0.2, -0.15) is 0 Å². The van der Waals surface area contributed by atoms with Crippen LogP contribution in [-0.2, 0) is 28.6 Å². The van der Waals surface area contributed by atoms with Crippen LogP contribution in [0.5, 0.6) is 0 Å². The molecule has 3 amide bonds. The number of primary amides is 1. The molecule has 0 rings (SSSR count). The summed E-state index contributed by atoms with van der Waals surface area (Å²) in [6.45, 7) is 1.40. The minimum atomic E-state index is -0.679. The van der Waals surface area contributed by atoms with E-state index in [-0.39, 0.29) is 70.7 Å². The highest BCUT2D eigenvalue weighted by atomic mass is 16.5. The Balaban J connectivity index is 4.55. The first kappa shape index (κ1) is 25.2. The van der Waals surface area contributed by atoms with E-state index in [1.54, 1.807) is 28.2 Å². The van der Waals surface area contributed by atoms with E-state index in [2.05, 4.69) is 10.6 Å². The van der Waals surface area contributed by atoms with Crippen LogP contribution in [0.4, 0.5) is 0 Å². The van der Waals surface area contributed by atoms with E-state index in [0.717, 1.165) is 0 Å². The Bertz CT molecular complexity index is 461. The number of likely N-dealkylation sites (N-methyl/N-ethyl adjacent to an activating group) is 1. The van der Waals surface area contributed by atoms with Crippen LogP contribution < -0.4 is 16.4 Å². The molecule has 0 radical (unpaired) electrons. The molecular weight excluding hydrogens is 356 g/mol. The Morgan fingerprint density at radius 3 is 1.78 bits per heavy atom. The normalized spacial score (nSPS) is 13.0. The maximum absolute atomic E-state index is 11.6. The quantitative estimate of drug-likeness (QED) is 0.273. The molecule has 0 aliphatic carbocycles. The van der Waals surface area contributed by atoms with E-state index in [9.17, 15) is 14.4 Å². The van der Waals surface area contributed by atoms with E-state index in [1.165, 1.54) is 4.90 Å². The van der Waals surface area contributed by atoms with Gasteiger partial charge in [0.1, 0.15) is 0 Å². The Hall–Kier alpha value is -1.75. The van der Waals surface area contributed by atoms with Gasteiger partial charge in [0.05, 0.1) is 51.6 Å². The Morgan fingerprint density at radius 1 is 0.889 bits per heavy atom. The molecule has 4 N–H and O–H groups in total. The molecule has 10 heteroatoms. The predicted molar refractivity (Wildman–Crippen MR) is 100 cm³/mol. The molecule has 1 unspecified atom stereocenters. The lowest BCUT2D eigenvalue weighted by atomic mass is 10.0. The summed E-state index contributed by atoms with van der Waals surface area (Å²) in [7, 11) is 6.68. The smallest absolute Gasteiger partial charge is 0.224 e. The average molecular weight is 390 g/mol. The summed E-state index contributed by atoms with van der Waals surface area (Å²) in [5, 5.41) is 5.66. The maximum Gasteiger partial charge on any atom is 0.224 e. The molecular formula is C17H34N4O6. The fraction of sp³-hybridized carbons (Fsp3) is 0.824. The number of nitrogens with two attached hydrogens (primary N) is 1. The molecule has 27 heavy (non-hydrogen) atoms. The molecule has 158 valence electrons. The van der Waals surface area contributed by atoms with Gasteiger partial charge in [0.25, 0.3) is 0 Å². The zero-order valence-corrected chi connectivity index (χ0v) is 16.8. The lowest BCUT2D eigenvalue weighted by molar-refractivity contribution is -0.130. The summed E-state index contributed by atoms with van der Waals surface area (Å²) < 4.78 is 16.8. The molecule has 0 aromatic carbocycles. The highest BCUT2D eigenvalue weighted by molar-refractivity contribution is 5.75. The Morgan fingerprint density at radius 2 is 1.37 bits per heavy atom. The number of hydrogen-bond acceptors (Lipinski definition) is 7. The van der Waals surface area contributed by atoms with Crippen molar-refractivity contribution in [2.75, 3.05) is 67.8 Å². The van der Waals surface area contributed by atoms with Crippen LogP contribution in [0.1, 0.15) is 19.3 Å². The van der Waals surface area contributed by atoms with Crippen LogP contribution in [0.15, 0.2) is 0 Å². The third-order valence-electron chi connectivity index (χ3n) is 3.87. The van der Waals surface area contributed by atoms with Gasteiger partial charge in [0.2, 0.25) is 17.7 Å². The number of rotatable bonds is 16. The topological polar surface area (TPSA) is 132 Å². The van der Waals surface area contributed by atoms with Gasteiger partial charge in [-0.3, -0.25) is 14.4 Å². The summed E-state index contributed by atoms with van der Waals surface area (Å²) in [4.78, 5) is 35.2. The van der Waals surface area contributed by atoms with Crippen molar-refractivity contribution in [1.82, 2.24) is 15.5 Å². The van der Waals surface area contributed by atoms with Crippen LogP contribution in [0.2, 0.25) is 0 Å². The third-order valence-corrected chi connectivity index (χ3v) is 3.87. The van der Waals surface area contributed by atoms with Crippen LogP contribution in [0, 0.1) is 0 Å². The molecule has 0 fully saturated rings. The number of carbonyl (C=O) groups is 3. The van der Waals surface area contributed by atoms with Gasteiger partial charge in [-0.25, -0.2) is 0 Å². The number of ether oxygens (including phenoxy) is 3. The van der Waals surface area contributed by atoms with E-state index in [4.69, 9.17) is 19.9 Å². The summed E-state index contributed by atoms with van der Waals surface area (Å²) in [6.07, 6.45) is 0.638. The van der Waals surface area contributed by atoms with E-state index >= 15 is 0 Å². The summed E-state index contributed by atoms with van der Waals surface area (Å²) in [5.74, 6) is -0.573. The summed E-state index contributed by atoms with van der Waals surface area (Å²) >= 11 is 0. The Labute approximate surface area is 161 Å². The van der Waals surface area contributed by atoms with E-state index < -0.39 is 11.4 Å². The first-order valence-corrected chi connectivity index (χ1v) is 8.87. The van der Waals surface area contributed by atoms with Gasteiger partial charge < -0.3 is 35.5 Å². The largest absolute Gasteiger partial charge is 0.379 e. The molecule has 1 atom stereocenters. The second kappa shape index (κ2) is 14.3. The van der Waals surface area contributed by atoms with Crippen molar-refractivity contribution < 1.29 is 28.6 Å². The van der Waals surface area contributed by atoms with Crippen molar-refractivity contribution in [3.63, 3.8) is 0 Å². The fourth-order valence-electron chi connectivity index (χ4n) is 1.99. The average Bonchev–Trinajstić information content (AvgIpc) is 2.64. The molecule has 10 nitrogen and oxygen atoms in total.